The predicted octanol–water partition coefficient (Wildman–Crippen LogP) is 1.59. The monoisotopic (exact) mass is 239 g/mol. The number of carbonyl (C=O) groups is 1. The van der Waals surface area contributed by atoms with Crippen LogP contribution in [0.15, 0.2) is 12.4 Å². The number of aryl methyl sites for hydroxylation is 1. The van der Waals surface area contributed by atoms with Gasteiger partial charge in [0.2, 0.25) is 0 Å². The van der Waals surface area contributed by atoms with E-state index < -0.39 is 5.97 Å². The van der Waals surface area contributed by atoms with E-state index in [0.717, 1.165) is 31.5 Å². The summed E-state index contributed by atoms with van der Waals surface area (Å²) in [5.74, 6) is -0.778. The van der Waals surface area contributed by atoms with Crippen molar-refractivity contribution < 1.29 is 9.90 Å². The van der Waals surface area contributed by atoms with Crippen LogP contribution < -0.4 is 0 Å². The molecule has 0 aliphatic heterocycles. The second-order valence-electron chi connectivity index (χ2n) is 4.22. The molecule has 1 N–H and O–H groups in total. The molecule has 1 aromatic heterocycles. The Morgan fingerprint density at radius 3 is 2.82 bits per heavy atom. The first-order chi connectivity index (χ1) is 8.15. The first kappa shape index (κ1) is 13.7. The van der Waals surface area contributed by atoms with Crippen molar-refractivity contribution in [3.8, 4) is 0 Å². The predicted molar refractivity (Wildman–Crippen MR) is 65.7 cm³/mol. The zero-order valence-corrected chi connectivity index (χ0v) is 10.6. The average molecular weight is 239 g/mol. The Morgan fingerprint density at radius 1 is 1.47 bits per heavy atom. The number of rotatable bonds is 8. The zero-order chi connectivity index (χ0) is 12.7. The Hall–Kier alpha value is -1.36. The highest BCUT2D eigenvalue weighted by Gasteiger charge is 2.10. The molecule has 0 spiro atoms. The average Bonchev–Trinajstić information content (AvgIpc) is 2.65. The molecule has 0 bridgehead atoms. The highest BCUT2D eigenvalue weighted by atomic mass is 16.4. The molecule has 5 heteroatoms. The fourth-order valence-corrected chi connectivity index (χ4v) is 1.82. The van der Waals surface area contributed by atoms with Gasteiger partial charge in [-0.25, -0.2) is 0 Å². The van der Waals surface area contributed by atoms with E-state index in [0.29, 0.717) is 6.54 Å². The van der Waals surface area contributed by atoms with Gasteiger partial charge in [-0.1, -0.05) is 13.8 Å². The molecule has 0 saturated carbocycles. The maximum atomic E-state index is 10.7. The minimum Gasteiger partial charge on any atom is -0.480 e. The van der Waals surface area contributed by atoms with Crippen LogP contribution in [0.1, 0.15) is 32.3 Å². The molecule has 5 nitrogen and oxygen atoms in total. The van der Waals surface area contributed by atoms with Crippen LogP contribution in [0.3, 0.4) is 0 Å². The van der Waals surface area contributed by atoms with Crippen molar-refractivity contribution >= 4 is 5.97 Å². The molecule has 1 rings (SSSR count). The lowest BCUT2D eigenvalue weighted by molar-refractivity contribution is -0.138. The van der Waals surface area contributed by atoms with Crippen LogP contribution >= 0.6 is 0 Å². The van der Waals surface area contributed by atoms with Crippen LogP contribution in [0.25, 0.3) is 0 Å². The molecular formula is C12H21N3O2. The third kappa shape index (κ3) is 4.99. The number of aliphatic carboxylic acids is 1. The number of nitrogens with zero attached hydrogens (tertiary/aromatic N) is 3. The van der Waals surface area contributed by atoms with E-state index in [4.69, 9.17) is 5.11 Å². The van der Waals surface area contributed by atoms with Gasteiger partial charge in [0.15, 0.2) is 0 Å². The first-order valence-electron chi connectivity index (χ1n) is 6.11. The van der Waals surface area contributed by atoms with Crippen molar-refractivity contribution in [2.24, 2.45) is 0 Å². The summed E-state index contributed by atoms with van der Waals surface area (Å²) in [6.07, 6.45) is 5.82. The van der Waals surface area contributed by atoms with Crippen LogP contribution in [-0.4, -0.2) is 38.8 Å². The van der Waals surface area contributed by atoms with Crippen LogP contribution in [0.2, 0.25) is 0 Å². The molecule has 0 fully saturated rings. The molecule has 1 aromatic rings. The van der Waals surface area contributed by atoms with Crippen molar-refractivity contribution in [1.29, 1.82) is 0 Å². The van der Waals surface area contributed by atoms with Crippen molar-refractivity contribution in [1.82, 2.24) is 14.7 Å². The summed E-state index contributed by atoms with van der Waals surface area (Å²) < 4.78 is 1.90. The molecular weight excluding hydrogens is 218 g/mol. The minimum absolute atomic E-state index is 0.0901. The van der Waals surface area contributed by atoms with Gasteiger partial charge in [-0.15, -0.1) is 0 Å². The van der Waals surface area contributed by atoms with E-state index in [2.05, 4.69) is 18.9 Å². The second-order valence-corrected chi connectivity index (χ2v) is 4.22. The summed E-state index contributed by atoms with van der Waals surface area (Å²) >= 11 is 0. The maximum absolute atomic E-state index is 10.7. The standard InChI is InChI=1S/C12H21N3O2/c1-3-5-14(10-12(16)17)8-11-7-13-15(9-11)6-4-2/h7,9H,3-6,8,10H2,1-2H3,(H,16,17). The first-order valence-corrected chi connectivity index (χ1v) is 6.11. The lowest BCUT2D eigenvalue weighted by Gasteiger charge is -2.18. The molecule has 0 aliphatic rings. The number of carboxylic acids is 1. The van der Waals surface area contributed by atoms with E-state index in [1.165, 1.54) is 0 Å². The van der Waals surface area contributed by atoms with Crippen LogP contribution in [0, 0.1) is 0 Å². The summed E-state index contributed by atoms with van der Waals surface area (Å²) in [6, 6.07) is 0. The Balaban J connectivity index is 2.55. The lowest BCUT2D eigenvalue weighted by Crippen LogP contribution is -2.29. The molecule has 0 unspecified atom stereocenters. The van der Waals surface area contributed by atoms with E-state index in [1.807, 2.05) is 22.0 Å². The maximum Gasteiger partial charge on any atom is 0.317 e. The Bertz CT molecular complexity index is 349. The zero-order valence-electron chi connectivity index (χ0n) is 10.6. The molecule has 17 heavy (non-hydrogen) atoms. The molecule has 0 atom stereocenters. The number of hydrogen-bond donors (Lipinski definition) is 1. The highest BCUT2D eigenvalue weighted by Crippen LogP contribution is 2.05. The van der Waals surface area contributed by atoms with E-state index in [-0.39, 0.29) is 6.54 Å². The van der Waals surface area contributed by atoms with Gasteiger partial charge in [-0.05, 0) is 19.4 Å². The normalized spacial score (nSPS) is 11.0. The van der Waals surface area contributed by atoms with E-state index in [1.54, 1.807) is 0 Å². The van der Waals surface area contributed by atoms with Gasteiger partial charge in [0.25, 0.3) is 0 Å². The van der Waals surface area contributed by atoms with Gasteiger partial charge in [0, 0.05) is 24.8 Å². The van der Waals surface area contributed by atoms with Gasteiger partial charge in [0.05, 0.1) is 12.7 Å². The van der Waals surface area contributed by atoms with Crippen molar-refractivity contribution in [2.45, 2.75) is 39.8 Å². The quantitative estimate of drug-likeness (QED) is 0.748. The van der Waals surface area contributed by atoms with E-state index in [9.17, 15) is 4.79 Å². The summed E-state index contributed by atoms with van der Waals surface area (Å²) in [5.41, 5.74) is 1.08. The Labute approximate surface area is 102 Å². The second kappa shape index (κ2) is 7.06. The summed E-state index contributed by atoms with van der Waals surface area (Å²) in [6.45, 7) is 6.61. The van der Waals surface area contributed by atoms with Crippen LogP contribution in [0.4, 0.5) is 0 Å². The largest absolute Gasteiger partial charge is 0.480 e. The van der Waals surface area contributed by atoms with Crippen molar-refractivity contribution in [3.05, 3.63) is 18.0 Å². The molecule has 0 radical (unpaired) electrons. The highest BCUT2D eigenvalue weighted by molar-refractivity contribution is 5.69. The lowest BCUT2D eigenvalue weighted by atomic mass is 10.3. The van der Waals surface area contributed by atoms with Crippen molar-refractivity contribution in [3.63, 3.8) is 0 Å². The fourth-order valence-electron chi connectivity index (χ4n) is 1.82. The van der Waals surface area contributed by atoms with Gasteiger partial charge < -0.3 is 5.11 Å². The number of carboxylic acid groups (broad SMARTS) is 1. The molecule has 0 aliphatic carbocycles. The summed E-state index contributed by atoms with van der Waals surface area (Å²) in [7, 11) is 0. The Kier molecular flexibility index (Phi) is 5.69. The number of aromatic nitrogens is 2. The summed E-state index contributed by atoms with van der Waals surface area (Å²) in [4.78, 5) is 12.6. The summed E-state index contributed by atoms with van der Waals surface area (Å²) in [5, 5.41) is 13.1. The van der Waals surface area contributed by atoms with Gasteiger partial charge in [-0.2, -0.15) is 5.10 Å². The fraction of sp³-hybridized carbons (Fsp3) is 0.667. The van der Waals surface area contributed by atoms with Gasteiger partial charge in [0.1, 0.15) is 0 Å². The van der Waals surface area contributed by atoms with Crippen LogP contribution in [0.5, 0.6) is 0 Å². The van der Waals surface area contributed by atoms with Gasteiger partial charge in [-0.3, -0.25) is 14.4 Å². The SMILES string of the molecule is CCCN(CC(=O)O)Cc1cnn(CCC)c1. The van der Waals surface area contributed by atoms with Crippen LogP contribution in [-0.2, 0) is 17.9 Å². The molecule has 1 heterocycles. The minimum atomic E-state index is -0.778. The number of hydrogen-bond acceptors (Lipinski definition) is 3. The van der Waals surface area contributed by atoms with Crippen molar-refractivity contribution in [2.75, 3.05) is 13.1 Å². The molecule has 0 saturated heterocycles. The smallest absolute Gasteiger partial charge is 0.317 e. The molecule has 0 amide bonds. The Morgan fingerprint density at radius 2 is 2.24 bits per heavy atom. The topological polar surface area (TPSA) is 58.4 Å². The molecule has 0 aromatic carbocycles. The van der Waals surface area contributed by atoms with E-state index >= 15 is 0 Å². The van der Waals surface area contributed by atoms with Gasteiger partial charge >= 0.3 is 5.97 Å². The third-order valence-corrected chi connectivity index (χ3v) is 2.44. The molecule has 96 valence electrons. The third-order valence-electron chi connectivity index (χ3n) is 2.44.